The van der Waals surface area contributed by atoms with Crippen molar-refractivity contribution in [3.8, 4) is 0 Å². The minimum absolute atomic E-state index is 0.280. The van der Waals surface area contributed by atoms with Crippen molar-refractivity contribution in [3.05, 3.63) is 0 Å². The molecule has 142 valence electrons. The second-order valence-corrected chi connectivity index (χ2v) is 8.81. The fourth-order valence-corrected chi connectivity index (χ4v) is 4.61. The summed E-state index contributed by atoms with van der Waals surface area (Å²) in [7, 11) is 0. The molecule has 2 amide bonds. The molecule has 3 aliphatic rings. The van der Waals surface area contributed by atoms with E-state index in [0.717, 1.165) is 32.2 Å². The minimum atomic E-state index is -0.468. The van der Waals surface area contributed by atoms with E-state index >= 15 is 0 Å². The van der Waals surface area contributed by atoms with Crippen LogP contribution in [0.5, 0.6) is 0 Å². The lowest BCUT2D eigenvalue weighted by Crippen LogP contribution is -2.51. The van der Waals surface area contributed by atoms with E-state index in [2.05, 4.69) is 15.5 Å². The minimum Gasteiger partial charge on any atom is -0.444 e. The molecule has 0 aromatic heterocycles. The van der Waals surface area contributed by atoms with Crippen LogP contribution in [0.2, 0.25) is 0 Å². The molecule has 0 radical (unpaired) electrons. The van der Waals surface area contributed by atoms with Crippen molar-refractivity contribution in [1.82, 2.24) is 15.5 Å². The normalized spacial score (nSPS) is 32.6. The number of nitrogens with one attached hydrogen (secondary N) is 2. The van der Waals surface area contributed by atoms with Crippen molar-refractivity contribution in [2.75, 3.05) is 13.1 Å². The molecule has 1 aliphatic carbocycles. The van der Waals surface area contributed by atoms with Crippen molar-refractivity contribution < 1.29 is 14.3 Å². The van der Waals surface area contributed by atoms with Crippen LogP contribution in [-0.4, -0.2) is 53.7 Å². The summed E-state index contributed by atoms with van der Waals surface area (Å²) in [5.74, 6) is 0.714. The third-order valence-corrected chi connectivity index (χ3v) is 5.72. The largest absolute Gasteiger partial charge is 0.444 e. The van der Waals surface area contributed by atoms with Gasteiger partial charge in [-0.1, -0.05) is 12.8 Å². The Labute approximate surface area is 151 Å². The van der Waals surface area contributed by atoms with Gasteiger partial charge in [-0.2, -0.15) is 0 Å². The maximum Gasteiger partial charge on any atom is 0.407 e. The Bertz CT molecular complexity index is 503. The molecule has 2 heterocycles. The van der Waals surface area contributed by atoms with E-state index in [1.165, 1.54) is 12.8 Å². The number of amides is 2. The Morgan fingerprint density at radius 2 is 1.92 bits per heavy atom. The van der Waals surface area contributed by atoms with Gasteiger partial charge < -0.3 is 20.3 Å². The van der Waals surface area contributed by atoms with Crippen molar-refractivity contribution in [3.63, 3.8) is 0 Å². The first-order valence-corrected chi connectivity index (χ1v) is 9.86. The van der Waals surface area contributed by atoms with Crippen molar-refractivity contribution >= 4 is 12.0 Å². The van der Waals surface area contributed by atoms with E-state index in [-0.39, 0.29) is 12.1 Å². The summed E-state index contributed by atoms with van der Waals surface area (Å²) in [6, 6.07) is 1.04. The summed E-state index contributed by atoms with van der Waals surface area (Å²) in [5.41, 5.74) is -0.468. The lowest BCUT2D eigenvalue weighted by atomic mass is 9.83. The van der Waals surface area contributed by atoms with Crippen molar-refractivity contribution in [2.24, 2.45) is 5.92 Å². The molecule has 2 aliphatic heterocycles. The molecule has 2 saturated heterocycles. The van der Waals surface area contributed by atoms with Crippen LogP contribution in [0, 0.1) is 5.92 Å². The maximum absolute atomic E-state index is 12.1. The third kappa shape index (κ3) is 4.66. The molecule has 3 fully saturated rings. The molecule has 2 N–H and O–H groups in total. The quantitative estimate of drug-likeness (QED) is 0.816. The van der Waals surface area contributed by atoms with Crippen molar-refractivity contribution in [1.29, 1.82) is 0 Å². The molecule has 4 atom stereocenters. The van der Waals surface area contributed by atoms with Gasteiger partial charge in [0.1, 0.15) is 5.60 Å². The summed E-state index contributed by atoms with van der Waals surface area (Å²) >= 11 is 0. The Kier molecular flexibility index (Phi) is 5.56. The zero-order valence-electron chi connectivity index (χ0n) is 15.8. The second kappa shape index (κ2) is 7.52. The van der Waals surface area contributed by atoms with E-state index < -0.39 is 5.60 Å². The van der Waals surface area contributed by atoms with E-state index in [1.54, 1.807) is 0 Å². The van der Waals surface area contributed by atoms with Gasteiger partial charge in [0.05, 0.1) is 0 Å². The van der Waals surface area contributed by atoms with Gasteiger partial charge in [0, 0.05) is 37.6 Å². The lowest BCUT2D eigenvalue weighted by Gasteiger charge is -2.35. The Hall–Kier alpha value is -1.30. The Morgan fingerprint density at radius 1 is 1.16 bits per heavy atom. The summed E-state index contributed by atoms with van der Waals surface area (Å²) in [4.78, 5) is 26.2. The molecule has 0 aromatic rings. The predicted molar refractivity (Wildman–Crippen MR) is 96.3 cm³/mol. The Balaban J connectivity index is 1.52. The van der Waals surface area contributed by atoms with Gasteiger partial charge in [-0.05, 0) is 52.4 Å². The van der Waals surface area contributed by atoms with Crippen LogP contribution in [0.3, 0.4) is 0 Å². The zero-order valence-corrected chi connectivity index (χ0v) is 15.8. The number of carbonyl (C=O) groups is 2. The summed E-state index contributed by atoms with van der Waals surface area (Å²) in [6.45, 7) is 7.20. The van der Waals surface area contributed by atoms with Gasteiger partial charge in [0.15, 0.2) is 0 Å². The zero-order chi connectivity index (χ0) is 18.0. The molecule has 0 aromatic carbocycles. The molecule has 4 unspecified atom stereocenters. The van der Waals surface area contributed by atoms with Gasteiger partial charge in [0.2, 0.25) is 5.91 Å². The van der Waals surface area contributed by atoms with Gasteiger partial charge in [-0.15, -0.1) is 0 Å². The first kappa shape index (κ1) is 18.5. The van der Waals surface area contributed by atoms with Gasteiger partial charge >= 0.3 is 6.09 Å². The summed E-state index contributed by atoms with van der Waals surface area (Å²) in [5, 5.41) is 6.73. The number of rotatable bonds is 4. The van der Waals surface area contributed by atoms with Crippen LogP contribution in [-0.2, 0) is 9.53 Å². The fourth-order valence-electron chi connectivity index (χ4n) is 4.61. The SMILES string of the molecule is CC(C)(C)OC(=O)NCC1CCCCC1NC1CC(=O)N2CCCC12. The van der Waals surface area contributed by atoms with Gasteiger partial charge in [-0.25, -0.2) is 4.79 Å². The fraction of sp³-hybridized carbons (Fsp3) is 0.895. The molecule has 1 saturated carbocycles. The lowest BCUT2D eigenvalue weighted by molar-refractivity contribution is -0.127. The maximum atomic E-state index is 12.1. The molecule has 3 rings (SSSR count). The molecule has 25 heavy (non-hydrogen) atoms. The first-order valence-electron chi connectivity index (χ1n) is 9.86. The highest BCUT2D eigenvalue weighted by molar-refractivity contribution is 5.80. The van der Waals surface area contributed by atoms with Gasteiger partial charge in [-0.3, -0.25) is 4.79 Å². The average Bonchev–Trinajstić information content (AvgIpc) is 3.10. The number of alkyl carbamates (subject to hydrolysis) is 1. The predicted octanol–water partition coefficient (Wildman–Crippen LogP) is 2.42. The Morgan fingerprint density at radius 3 is 2.68 bits per heavy atom. The van der Waals surface area contributed by atoms with Crippen LogP contribution < -0.4 is 10.6 Å². The highest BCUT2D eigenvalue weighted by atomic mass is 16.6. The topological polar surface area (TPSA) is 70.7 Å². The molecule has 0 bridgehead atoms. The number of carbonyl (C=O) groups excluding carboxylic acids is 2. The number of nitrogens with zero attached hydrogens (tertiary/aromatic N) is 1. The smallest absolute Gasteiger partial charge is 0.407 e. The van der Waals surface area contributed by atoms with Crippen LogP contribution in [0.15, 0.2) is 0 Å². The van der Waals surface area contributed by atoms with E-state index in [9.17, 15) is 9.59 Å². The van der Waals surface area contributed by atoms with Crippen molar-refractivity contribution in [2.45, 2.75) is 89.4 Å². The summed E-state index contributed by atoms with van der Waals surface area (Å²) < 4.78 is 5.35. The standard InChI is InChI=1S/C19H33N3O3/c1-19(2,3)25-18(24)20-12-13-7-4-5-8-14(13)21-15-11-17(23)22-10-6-9-16(15)22/h13-16,21H,4-12H2,1-3H3,(H,20,24). The monoisotopic (exact) mass is 351 g/mol. The molecule has 0 spiro atoms. The first-order chi connectivity index (χ1) is 11.8. The van der Waals surface area contributed by atoms with E-state index in [4.69, 9.17) is 4.74 Å². The third-order valence-electron chi connectivity index (χ3n) is 5.72. The molecular formula is C19H33N3O3. The highest BCUT2D eigenvalue weighted by Crippen LogP contribution is 2.32. The van der Waals surface area contributed by atoms with Crippen LogP contribution in [0.4, 0.5) is 4.79 Å². The summed E-state index contributed by atoms with van der Waals surface area (Å²) in [6.07, 6.45) is 7.20. The van der Waals surface area contributed by atoms with Crippen LogP contribution in [0.1, 0.15) is 65.7 Å². The van der Waals surface area contributed by atoms with Crippen LogP contribution in [0.25, 0.3) is 0 Å². The number of fused-ring (bicyclic) bond motifs is 1. The molecular weight excluding hydrogens is 318 g/mol. The molecule has 6 heteroatoms. The highest BCUT2D eigenvalue weighted by Gasteiger charge is 2.43. The molecule has 6 nitrogen and oxygen atoms in total. The number of hydrogen-bond acceptors (Lipinski definition) is 4. The van der Waals surface area contributed by atoms with E-state index in [0.29, 0.717) is 36.9 Å². The van der Waals surface area contributed by atoms with E-state index in [1.807, 2.05) is 20.8 Å². The van der Waals surface area contributed by atoms with Crippen LogP contribution >= 0.6 is 0 Å². The number of ether oxygens (including phenoxy) is 1. The number of hydrogen-bond donors (Lipinski definition) is 2. The second-order valence-electron chi connectivity index (χ2n) is 8.81. The average molecular weight is 351 g/mol. The van der Waals surface area contributed by atoms with Gasteiger partial charge in [0.25, 0.3) is 0 Å².